The highest BCUT2D eigenvalue weighted by Crippen LogP contribution is 2.28. The maximum absolute atomic E-state index is 11.4. The first-order chi connectivity index (χ1) is 8.03. The molecule has 1 atom stereocenters. The van der Waals surface area contributed by atoms with Crippen LogP contribution in [0.3, 0.4) is 0 Å². The topological polar surface area (TPSA) is 51.4 Å². The lowest BCUT2D eigenvalue weighted by molar-refractivity contribution is 0.601. The maximum Gasteiger partial charge on any atom is 0.151 e. The molecule has 1 aliphatic rings. The quantitative estimate of drug-likeness (QED) is 0.809. The molecule has 1 saturated heterocycles. The second kappa shape index (κ2) is 3.81. The average Bonchev–Trinajstić information content (AvgIpc) is 2.80. The summed E-state index contributed by atoms with van der Waals surface area (Å²) in [5, 5.41) is 0. The van der Waals surface area contributed by atoms with Crippen LogP contribution in [-0.2, 0) is 9.84 Å². The van der Waals surface area contributed by atoms with Crippen molar-refractivity contribution in [2.75, 3.05) is 11.5 Å². The number of pyridine rings is 1. The summed E-state index contributed by atoms with van der Waals surface area (Å²) in [6, 6.07) is 3.86. The minimum atomic E-state index is -2.85. The summed E-state index contributed by atoms with van der Waals surface area (Å²) in [6.07, 6.45) is 4.53. The van der Waals surface area contributed by atoms with Gasteiger partial charge in [0.15, 0.2) is 9.84 Å². The monoisotopic (exact) mass is 314 g/mol. The van der Waals surface area contributed by atoms with Gasteiger partial charge in [0.25, 0.3) is 0 Å². The molecule has 3 rings (SSSR count). The Hall–Kier alpha value is -0.880. The van der Waals surface area contributed by atoms with Gasteiger partial charge in [-0.05, 0) is 18.6 Å². The summed E-state index contributed by atoms with van der Waals surface area (Å²) in [6.45, 7) is 0. The lowest BCUT2D eigenvalue weighted by Crippen LogP contribution is -2.03. The molecule has 1 unspecified atom stereocenters. The highest BCUT2D eigenvalue weighted by Gasteiger charge is 2.30. The van der Waals surface area contributed by atoms with Crippen molar-refractivity contribution in [3.63, 3.8) is 0 Å². The number of halogens is 1. The summed E-state index contributed by atoms with van der Waals surface area (Å²) in [5.41, 5.74) is 1.72. The van der Waals surface area contributed by atoms with Crippen LogP contribution in [0.15, 0.2) is 29.0 Å². The minimum absolute atomic E-state index is 0.0543. The normalized spacial score (nSPS) is 23.2. The molecule has 1 fully saturated rings. The Balaban J connectivity index is 2.02. The summed E-state index contributed by atoms with van der Waals surface area (Å²) < 4.78 is 25.8. The van der Waals surface area contributed by atoms with Crippen molar-refractivity contribution in [3.8, 4) is 0 Å². The number of rotatable bonds is 1. The van der Waals surface area contributed by atoms with Crippen molar-refractivity contribution < 1.29 is 8.42 Å². The van der Waals surface area contributed by atoms with Crippen LogP contribution in [-0.4, -0.2) is 29.3 Å². The third-order valence-corrected chi connectivity index (χ3v) is 5.35. The number of hydrogen-bond donors (Lipinski definition) is 0. The number of aromatic nitrogens is 2. The van der Waals surface area contributed by atoms with E-state index in [0.717, 1.165) is 15.8 Å². The summed E-state index contributed by atoms with van der Waals surface area (Å²) in [7, 11) is -2.85. The van der Waals surface area contributed by atoms with Crippen molar-refractivity contribution in [1.29, 1.82) is 0 Å². The molecule has 0 amide bonds. The first kappa shape index (κ1) is 11.2. The Morgan fingerprint density at radius 2 is 2.29 bits per heavy atom. The number of nitrogens with zero attached hydrogens (tertiary/aromatic N) is 2. The standard InChI is InChI=1S/C11H11BrN2O2S/c12-9-1-3-14-6-10(13-11(14)5-9)8-2-4-17(15,16)7-8/h1,3,5-6,8H,2,4,7H2. The highest BCUT2D eigenvalue weighted by atomic mass is 79.9. The van der Waals surface area contributed by atoms with E-state index in [0.29, 0.717) is 6.42 Å². The fraction of sp³-hybridized carbons (Fsp3) is 0.364. The molecule has 2 aromatic rings. The molecule has 0 radical (unpaired) electrons. The van der Waals surface area contributed by atoms with Crippen LogP contribution in [0.4, 0.5) is 0 Å². The lowest BCUT2D eigenvalue weighted by Gasteiger charge is -2.00. The minimum Gasteiger partial charge on any atom is -0.307 e. The van der Waals surface area contributed by atoms with E-state index in [1.165, 1.54) is 0 Å². The Bertz CT molecular complexity index is 678. The lowest BCUT2D eigenvalue weighted by atomic mass is 10.1. The Labute approximate surface area is 108 Å². The molecule has 0 aliphatic carbocycles. The molecule has 17 heavy (non-hydrogen) atoms. The second-order valence-electron chi connectivity index (χ2n) is 4.38. The zero-order chi connectivity index (χ0) is 12.0. The van der Waals surface area contributed by atoms with Gasteiger partial charge in [-0.1, -0.05) is 15.9 Å². The number of fused-ring (bicyclic) bond motifs is 1. The molecular weight excluding hydrogens is 304 g/mol. The van der Waals surface area contributed by atoms with Crippen LogP contribution in [0.2, 0.25) is 0 Å². The van der Waals surface area contributed by atoms with E-state index in [1.54, 1.807) is 0 Å². The largest absolute Gasteiger partial charge is 0.307 e. The molecule has 2 aromatic heterocycles. The first-order valence-electron chi connectivity index (χ1n) is 5.38. The van der Waals surface area contributed by atoms with E-state index < -0.39 is 9.84 Å². The maximum atomic E-state index is 11.4. The van der Waals surface area contributed by atoms with E-state index in [-0.39, 0.29) is 17.4 Å². The molecule has 0 saturated carbocycles. The van der Waals surface area contributed by atoms with Crippen LogP contribution in [0.1, 0.15) is 18.0 Å². The summed E-state index contributed by atoms with van der Waals surface area (Å²) >= 11 is 3.39. The van der Waals surface area contributed by atoms with Gasteiger partial charge < -0.3 is 4.40 Å². The number of hydrogen-bond acceptors (Lipinski definition) is 3. The van der Waals surface area contributed by atoms with Crippen molar-refractivity contribution in [2.45, 2.75) is 12.3 Å². The Morgan fingerprint density at radius 3 is 3.00 bits per heavy atom. The number of imidazole rings is 1. The zero-order valence-electron chi connectivity index (χ0n) is 9.01. The van der Waals surface area contributed by atoms with Crippen molar-refractivity contribution in [3.05, 3.63) is 34.7 Å². The van der Waals surface area contributed by atoms with Gasteiger partial charge in [0.1, 0.15) is 5.65 Å². The smallest absolute Gasteiger partial charge is 0.151 e. The molecule has 3 heterocycles. The predicted octanol–water partition coefficient (Wildman–Crippen LogP) is 2.00. The molecule has 0 spiro atoms. The molecule has 1 aliphatic heterocycles. The van der Waals surface area contributed by atoms with Gasteiger partial charge in [0, 0.05) is 22.8 Å². The van der Waals surface area contributed by atoms with E-state index >= 15 is 0 Å². The van der Waals surface area contributed by atoms with Crippen LogP contribution in [0.25, 0.3) is 5.65 Å². The van der Waals surface area contributed by atoms with Gasteiger partial charge in [-0.15, -0.1) is 0 Å². The SMILES string of the molecule is O=S1(=O)CCC(c2cn3ccc(Br)cc3n2)C1. The summed E-state index contributed by atoms with van der Waals surface area (Å²) in [5.74, 6) is 0.575. The van der Waals surface area contributed by atoms with Crippen LogP contribution in [0, 0.1) is 0 Å². The van der Waals surface area contributed by atoms with Crippen LogP contribution in [0.5, 0.6) is 0 Å². The molecule has 0 N–H and O–H groups in total. The number of sulfone groups is 1. The second-order valence-corrected chi connectivity index (χ2v) is 7.52. The van der Waals surface area contributed by atoms with Gasteiger partial charge in [-0.25, -0.2) is 13.4 Å². The van der Waals surface area contributed by atoms with Gasteiger partial charge >= 0.3 is 0 Å². The molecule has 0 bridgehead atoms. The zero-order valence-corrected chi connectivity index (χ0v) is 11.4. The molecule has 6 heteroatoms. The molecule has 4 nitrogen and oxygen atoms in total. The van der Waals surface area contributed by atoms with Gasteiger partial charge in [-0.2, -0.15) is 0 Å². The average molecular weight is 315 g/mol. The van der Waals surface area contributed by atoms with E-state index in [4.69, 9.17) is 0 Å². The fourth-order valence-electron chi connectivity index (χ4n) is 2.20. The van der Waals surface area contributed by atoms with Crippen LogP contribution >= 0.6 is 15.9 Å². The van der Waals surface area contributed by atoms with Crippen molar-refractivity contribution in [2.24, 2.45) is 0 Å². The van der Waals surface area contributed by atoms with Crippen molar-refractivity contribution in [1.82, 2.24) is 9.38 Å². The molecular formula is C11H11BrN2O2S. The molecule has 90 valence electrons. The Kier molecular flexibility index (Phi) is 2.52. The Morgan fingerprint density at radius 1 is 1.47 bits per heavy atom. The third-order valence-electron chi connectivity index (χ3n) is 3.09. The third kappa shape index (κ3) is 2.11. The van der Waals surface area contributed by atoms with Crippen LogP contribution < -0.4 is 0 Å². The highest BCUT2D eigenvalue weighted by molar-refractivity contribution is 9.10. The first-order valence-corrected chi connectivity index (χ1v) is 7.99. The van der Waals surface area contributed by atoms with Gasteiger partial charge in [-0.3, -0.25) is 0 Å². The molecule has 0 aromatic carbocycles. The van der Waals surface area contributed by atoms with E-state index in [9.17, 15) is 8.42 Å². The fourth-order valence-corrected chi connectivity index (χ4v) is 4.29. The predicted molar refractivity (Wildman–Crippen MR) is 68.9 cm³/mol. The van der Waals surface area contributed by atoms with E-state index in [2.05, 4.69) is 20.9 Å². The van der Waals surface area contributed by atoms with E-state index in [1.807, 2.05) is 28.9 Å². The van der Waals surface area contributed by atoms with Gasteiger partial charge in [0.2, 0.25) is 0 Å². The summed E-state index contributed by atoms with van der Waals surface area (Å²) in [4.78, 5) is 4.49. The van der Waals surface area contributed by atoms with Crippen molar-refractivity contribution >= 4 is 31.4 Å². The van der Waals surface area contributed by atoms with Gasteiger partial charge in [0.05, 0.1) is 17.2 Å².